The number of hydrogen-bond acceptors (Lipinski definition) is 4. The summed E-state index contributed by atoms with van der Waals surface area (Å²) in [5, 5.41) is 8.67. The van der Waals surface area contributed by atoms with Gasteiger partial charge in [0.25, 0.3) is 0 Å². The van der Waals surface area contributed by atoms with Gasteiger partial charge in [-0.1, -0.05) is 12.1 Å². The molecule has 2 rings (SSSR count). The second-order valence-electron chi connectivity index (χ2n) is 4.68. The smallest absolute Gasteiger partial charge is 0.158 e. The van der Waals surface area contributed by atoms with Crippen molar-refractivity contribution in [2.24, 2.45) is 0 Å². The SMILES string of the molecule is OCCCOc1ccc(COC2CCCCO2)cc1. The van der Waals surface area contributed by atoms with Crippen molar-refractivity contribution in [3.05, 3.63) is 29.8 Å². The van der Waals surface area contributed by atoms with E-state index in [1.807, 2.05) is 24.3 Å². The summed E-state index contributed by atoms with van der Waals surface area (Å²) in [7, 11) is 0. The van der Waals surface area contributed by atoms with E-state index < -0.39 is 0 Å². The molecular formula is C15H22O4. The molecule has 106 valence electrons. The van der Waals surface area contributed by atoms with Gasteiger partial charge in [-0.25, -0.2) is 0 Å². The van der Waals surface area contributed by atoms with Crippen LogP contribution >= 0.6 is 0 Å². The minimum atomic E-state index is -0.0470. The predicted octanol–water partition coefficient (Wildman–Crippen LogP) is 2.49. The highest BCUT2D eigenvalue weighted by Crippen LogP contribution is 2.17. The minimum Gasteiger partial charge on any atom is -0.494 e. The second-order valence-corrected chi connectivity index (χ2v) is 4.68. The van der Waals surface area contributed by atoms with Gasteiger partial charge in [0.1, 0.15) is 5.75 Å². The maximum absolute atomic E-state index is 8.67. The summed E-state index contributed by atoms with van der Waals surface area (Å²) >= 11 is 0. The molecule has 1 unspecified atom stereocenters. The minimum absolute atomic E-state index is 0.0470. The van der Waals surface area contributed by atoms with Crippen LogP contribution in [0.5, 0.6) is 5.75 Å². The fourth-order valence-electron chi connectivity index (χ4n) is 1.97. The van der Waals surface area contributed by atoms with Gasteiger partial charge in [-0.2, -0.15) is 0 Å². The first-order valence-corrected chi connectivity index (χ1v) is 6.94. The van der Waals surface area contributed by atoms with Crippen LogP contribution in [-0.2, 0) is 16.1 Å². The number of aliphatic hydroxyl groups is 1. The van der Waals surface area contributed by atoms with Crippen molar-refractivity contribution in [3.8, 4) is 5.75 Å². The molecule has 1 aromatic carbocycles. The molecule has 19 heavy (non-hydrogen) atoms. The lowest BCUT2D eigenvalue weighted by atomic mass is 10.2. The lowest BCUT2D eigenvalue weighted by Gasteiger charge is -2.22. The first-order valence-electron chi connectivity index (χ1n) is 6.94. The first-order chi connectivity index (χ1) is 9.38. The van der Waals surface area contributed by atoms with Gasteiger partial charge in [-0.05, 0) is 37.0 Å². The monoisotopic (exact) mass is 266 g/mol. The molecule has 1 atom stereocenters. The summed E-state index contributed by atoms with van der Waals surface area (Å²) in [4.78, 5) is 0. The van der Waals surface area contributed by atoms with Gasteiger partial charge < -0.3 is 19.3 Å². The third-order valence-corrected chi connectivity index (χ3v) is 3.07. The van der Waals surface area contributed by atoms with Crippen LogP contribution in [-0.4, -0.2) is 31.2 Å². The first kappa shape index (κ1) is 14.3. The molecule has 1 aliphatic rings. The van der Waals surface area contributed by atoms with Crippen LogP contribution in [0.25, 0.3) is 0 Å². The molecular weight excluding hydrogens is 244 g/mol. The molecule has 0 aromatic heterocycles. The Hall–Kier alpha value is -1.10. The summed E-state index contributed by atoms with van der Waals surface area (Å²) in [6.07, 6.45) is 3.92. The van der Waals surface area contributed by atoms with E-state index in [1.54, 1.807) is 0 Å². The number of rotatable bonds is 7. The molecule has 4 nitrogen and oxygen atoms in total. The molecule has 1 aromatic rings. The molecule has 4 heteroatoms. The van der Waals surface area contributed by atoms with Crippen molar-refractivity contribution in [2.45, 2.75) is 38.6 Å². The molecule has 1 saturated heterocycles. The van der Waals surface area contributed by atoms with Crippen molar-refractivity contribution in [1.29, 1.82) is 0 Å². The number of benzene rings is 1. The van der Waals surface area contributed by atoms with Crippen LogP contribution in [0.2, 0.25) is 0 Å². The summed E-state index contributed by atoms with van der Waals surface area (Å²) in [5.74, 6) is 0.825. The summed E-state index contributed by atoms with van der Waals surface area (Å²) < 4.78 is 16.7. The van der Waals surface area contributed by atoms with E-state index >= 15 is 0 Å². The van der Waals surface area contributed by atoms with Crippen molar-refractivity contribution >= 4 is 0 Å². The van der Waals surface area contributed by atoms with Crippen LogP contribution in [0.15, 0.2) is 24.3 Å². The molecule has 1 heterocycles. The zero-order chi connectivity index (χ0) is 13.3. The Bertz CT molecular complexity index is 344. The molecule has 1 fully saturated rings. The molecule has 1 N–H and O–H groups in total. The highest BCUT2D eigenvalue weighted by Gasteiger charge is 2.13. The van der Waals surface area contributed by atoms with E-state index in [0.29, 0.717) is 19.6 Å². The van der Waals surface area contributed by atoms with Gasteiger partial charge in [0.05, 0.1) is 13.2 Å². The molecule has 0 spiro atoms. The lowest BCUT2D eigenvalue weighted by Crippen LogP contribution is -2.21. The van der Waals surface area contributed by atoms with E-state index in [-0.39, 0.29) is 12.9 Å². The van der Waals surface area contributed by atoms with Gasteiger partial charge in [0.15, 0.2) is 6.29 Å². The fraction of sp³-hybridized carbons (Fsp3) is 0.600. The zero-order valence-electron chi connectivity index (χ0n) is 11.2. The Morgan fingerprint density at radius 1 is 1.21 bits per heavy atom. The average Bonchev–Trinajstić information content (AvgIpc) is 2.48. The lowest BCUT2D eigenvalue weighted by molar-refractivity contribution is -0.168. The van der Waals surface area contributed by atoms with Crippen molar-refractivity contribution in [1.82, 2.24) is 0 Å². The summed E-state index contributed by atoms with van der Waals surface area (Å²) in [5.41, 5.74) is 1.11. The molecule has 0 saturated carbocycles. The van der Waals surface area contributed by atoms with E-state index in [9.17, 15) is 0 Å². The van der Waals surface area contributed by atoms with Gasteiger partial charge in [0, 0.05) is 19.6 Å². The maximum Gasteiger partial charge on any atom is 0.158 e. The fourth-order valence-corrected chi connectivity index (χ4v) is 1.97. The Balaban J connectivity index is 1.71. The Morgan fingerprint density at radius 3 is 2.74 bits per heavy atom. The third-order valence-electron chi connectivity index (χ3n) is 3.07. The van der Waals surface area contributed by atoms with Gasteiger partial charge in [-0.3, -0.25) is 0 Å². The van der Waals surface area contributed by atoms with Gasteiger partial charge >= 0.3 is 0 Å². The predicted molar refractivity (Wildman–Crippen MR) is 72.0 cm³/mol. The Labute approximate surface area is 114 Å². The topological polar surface area (TPSA) is 47.9 Å². The van der Waals surface area contributed by atoms with Crippen LogP contribution in [0.3, 0.4) is 0 Å². The second kappa shape index (κ2) is 8.15. The largest absolute Gasteiger partial charge is 0.494 e. The molecule has 0 amide bonds. The van der Waals surface area contributed by atoms with Crippen LogP contribution in [0.4, 0.5) is 0 Å². The number of aliphatic hydroxyl groups excluding tert-OH is 1. The third kappa shape index (κ3) is 5.19. The summed E-state index contributed by atoms with van der Waals surface area (Å²) in [6, 6.07) is 7.85. The molecule has 0 aliphatic carbocycles. The van der Waals surface area contributed by atoms with Crippen molar-refractivity contribution in [2.75, 3.05) is 19.8 Å². The van der Waals surface area contributed by atoms with E-state index in [2.05, 4.69) is 0 Å². The highest BCUT2D eigenvalue weighted by atomic mass is 16.7. The van der Waals surface area contributed by atoms with Crippen molar-refractivity contribution in [3.63, 3.8) is 0 Å². The van der Waals surface area contributed by atoms with E-state index in [0.717, 1.165) is 30.8 Å². The van der Waals surface area contributed by atoms with Crippen LogP contribution < -0.4 is 4.74 Å². The summed E-state index contributed by atoms with van der Waals surface area (Å²) in [6.45, 7) is 2.08. The van der Waals surface area contributed by atoms with Crippen molar-refractivity contribution < 1.29 is 19.3 Å². The number of hydrogen-bond donors (Lipinski definition) is 1. The van der Waals surface area contributed by atoms with E-state index in [1.165, 1.54) is 6.42 Å². The molecule has 1 aliphatic heterocycles. The highest BCUT2D eigenvalue weighted by molar-refractivity contribution is 5.26. The van der Waals surface area contributed by atoms with Gasteiger partial charge in [-0.15, -0.1) is 0 Å². The van der Waals surface area contributed by atoms with Crippen LogP contribution in [0, 0.1) is 0 Å². The Kier molecular flexibility index (Phi) is 6.14. The maximum atomic E-state index is 8.67. The normalized spacial score (nSPS) is 19.3. The van der Waals surface area contributed by atoms with Crippen LogP contribution in [0.1, 0.15) is 31.2 Å². The average molecular weight is 266 g/mol. The quantitative estimate of drug-likeness (QED) is 0.770. The molecule has 0 bridgehead atoms. The zero-order valence-corrected chi connectivity index (χ0v) is 11.2. The van der Waals surface area contributed by atoms with Gasteiger partial charge in [0.2, 0.25) is 0 Å². The Morgan fingerprint density at radius 2 is 2.05 bits per heavy atom. The molecule has 0 radical (unpaired) electrons. The standard InChI is InChI=1S/C15H22O4/c16-9-3-11-17-14-7-5-13(6-8-14)12-19-15-4-1-2-10-18-15/h5-8,15-16H,1-4,9-12H2. The number of ether oxygens (including phenoxy) is 3. The van der Waals surface area contributed by atoms with E-state index in [4.69, 9.17) is 19.3 Å².